The van der Waals surface area contributed by atoms with Gasteiger partial charge in [-0.15, -0.1) is 0 Å². The summed E-state index contributed by atoms with van der Waals surface area (Å²) in [7, 11) is 0. The van der Waals surface area contributed by atoms with Gasteiger partial charge in [-0.05, 0) is 18.6 Å². The molecule has 110 valence electrons. The molecule has 0 fully saturated rings. The number of rotatable bonds is 5. The van der Waals surface area contributed by atoms with Gasteiger partial charge in [0.1, 0.15) is 11.8 Å². The molecule has 3 rings (SSSR count). The SMILES string of the molecule is CCC(N=C(c1ccccc1)c1ccccc1)c1ccco1. The number of nitrogens with zero attached hydrogens (tertiary/aromatic N) is 1. The topological polar surface area (TPSA) is 25.5 Å². The molecule has 0 amide bonds. The quantitative estimate of drug-likeness (QED) is 0.587. The molecule has 0 radical (unpaired) electrons. The molecule has 0 aliphatic carbocycles. The molecule has 0 N–H and O–H groups in total. The van der Waals surface area contributed by atoms with Gasteiger partial charge in [0.15, 0.2) is 0 Å². The first-order valence-corrected chi connectivity index (χ1v) is 7.60. The van der Waals surface area contributed by atoms with Gasteiger partial charge in [0, 0.05) is 11.1 Å². The minimum Gasteiger partial charge on any atom is -0.467 e. The molecule has 1 heterocycles. The van der Waals surface area contributed by atoms with E-state index in [0.717, 1.165) is 29.0 Å². The van der Waals surface area contributed by atoms with Crippen LogP contribution in [0.4, 0.5) is 0 Å². The molecule has 0 spiro atoms. The number of aliphatic imine (C=N–C) groups is 1. The highest BCUT2D eigenvalue weighted by molar-refractivity contribution is 6.12. The molecular weight excluding hydrogens is 270 g/mol. The fraction of sp³-hybridized carbons (Fsp3) is 0.150. The average Bonchev–Trinajstić information content (AvgIpc) is 3.12. The van der Waals surface area contributed by atoms with Gasteiger partial charge in [-0.25, -0.2) is 0 Å². The summed E-state index contributed by atoms with van der Waals surface area (Å²) in [6, 6.07) is 24.6. The molecular formula is C20H19NO. The first-order valence-electron chi connectivity index (χ1n) is 7.60. The Kier molecular flexibility index (Phi) is 4.50. The summed E-state index contributed by atoms with van der Waals surface area (Å²) in [4.78, 5) is 5.00. The van der Waals surface area contributed by atoms with Gasteiger partial charge in [-0.3, -0.25) is 4.99 Å². The fourth-order valence-electron chi connectivity index (χ4n) is 2.50. The summed E-state index contributed by atoms with van der Waals surface area (Å²) in [5.74, 6) is 0.909. The van der Waals surface area contributed by atoms with Crippen LogP contribution in [0.1, 0.15) is 36.3 Å². The van der Waals surface area contributed by atoms with E-state index in [9.17, 15) is 0 Å². The molecule has 0 saturated carbocycles. The van der Waals surface area contributed by atoms with E-state index < -0.39 is 0 Å². The average molecular weight is 289 g/mol. The van der Waals surface area contributed by atoms with E-state index >= 15 is 0 Å². The predicted octanol–water partition coefficient (Wildman–Crippen LogP) is 5.27. The Morgan fingerprint density at radius 2 is 1.45 bits per heavy atom. The molecule has 2 heteroatoms. The molecule has 2 aromatic carbocycles. The van der Waals surface area contributed by atoms with Crippen LogP contribution in [0, 0.1) is 0 Å². The number of hydrogen-bond donors (Lipinski definition) is 0. The molecule has 22 heavy (non-hydrogen) atoms. The van der Waals surface area contributed by atoms with Crippen molar-refractivity contribution in [3.05, 3.63) is 95.9 Å². The van der Waals surface area contributed by atoms with E-state index in [-0.39, 0.29) is 6.04 Å². The van der Waals surface area contributed by atoms with E-state index in [1.807, 2.05) is 48.5 Å². The van der Waals surface area contributed by atoms with E-state index in [0.29, 0.717) is 0 Å². The van der Waals surface area contributed by atoms with Crippen molar-refractivity contribution in [2.75, 3.05) is 0 Å². The van der Waals surface area contributed by atoms with Crippen molar-refractivity contribution >= 4 is 5.71 Å². The fourth-order valence-corrected chi connectivity index (χ4v) is 2.50. The van der Waals surface area contributed by atoms with Crippen LogP contribution in [0.2, 0.25) is 0 Å². The highest BCUT2D eigenvalue weighted by Gasteiger charge is 2.14. The lowest BCUT2D eigenvalue weighted by Gasteiger charge is -2.12. The Labute approximate surface area is 131 Å². The normalized spacial score (nSPS) is 11.9. The molecule has 1 aromatic heterocycles. The molecule has 0 saturated heterocycles. The van der Waals surface area contributed by atoms with Gasteiger partial charge in [0.25, 0.3) is 0 Å². The van der Waals surface area contributed by atoms with Crippen molar-refractivity contribution in [2.45, 2.75) is 19.4 Å². The van der Waals surface area contributed by atoms with Gasteiger partial charge in [0.05, 0.1) is 12.0 Å². The summed E-state index contributed by atoms with van der Waals surface area (Å²) in [6.45, 7) is 2.13. The minimum atomic E-state index is 0.0328. The molecule has 1 atom stereocenters. The van der Waals surface area contributed by atoms with Crippen LogP contribution >= 0.6 is 0 Å². The Hall–Kier alpha value is -2.61. The largest absolute Gasteiger partial charge is 0.467 e. The van der Waals surface area contributed by atoms with Gasteiger partial charge in [-0.2, -0.15) is 0 Å². The number of benzene rings is 2. The predicted molar refractivity (Wildman–Crippen MR) is 90.3 cm³/mol. The van der Waals surface area contributed by atoms with Gasteiger partial charge >= 0.3 is 0 Å². The van der Waals surface area contributed by atoms with Gasteiger partial charge < -0.3 is 4.42 Å². The standard InChI is InChI=1S/C20H19NO/c1-2-18(19-14-9-15-22-19)21-20(16-10-5-3-6-11-16)17-12-7-4-8-13-17/h3-15,18H,2H2,1H3. The second-order valence-electron chi connectivity index (χ2n) is 5.15. The van der Waals surface area contributed by atoms with E-state index in [4.69, 9.17) is 9.41 Å². The summed E-state index contributed by atoms with van der Waals surface area (Å²) in [5.41, 5.74) is 3.25. The van der Waals surface area contributed by atoms with Crippen molar-refractivity contribution < 1.29 is 4.42 Å². The van der Waals surface area contributed by atoms with Crippen molar-refractivity contribution in [1.29, 1.82) is 0 Å². The van der Waals surface area contributed by atoms with Crippen molar-refractivity contribution in [3.63, 3.8) is 0 Å². The zero-order valence-corrected chi connectivity index (χ0v) is 12.6. The monoisotopic (exact) mass is 289 g/mol. The molecule has 2 nitrogen and oxygen atoms in total. The maximum absolute atomic E-state index is 5.55. The molecule has 0 aliphatic heterocycles. The lowest BCUT2D eigenvalue weighted by Crippen LogP contribution is -2.06. The second-order valence-corrected chi connectivity index (χ2v) is 5.15. The highest BCUT2D eigenvalue weighted by atomic mass is 16.3. The maximum atomic E-state index is 5.55. The van der Waals surface area contributed by atoms with E-state index in [1.54, 1.807) is 6.26 Å². The number of furan rings is 1. The molecule has 0 bridgehead atoms. The zero-order chi connectivity index (χ0) is 15.2. The van der Waals surface area contributed by atoms with Crippen LogP contribution in [0.5, 0.6) is 0 Å². The summed E-state index contributed by atoms with van der Waals surface area (Å²) < 4.78 is 5.55. The Bertz CT molecular complexity index is 673. The lowest BCUT2D eigenvalue weighted by molar-refractivity contribution is 0.462. The van der Waals surface area contributed by atoms with Crippen LogP contribution < -0.4 is 0 Å². The van der Waals surface area contributed by atoms with Crippen molar-refractivity contribution in [1.82, 2.24) is 0 Å². The van der Waals surface area contributed by atoms with Gasteiger partial charge in [-0.1, -0.05) is 67.6 Å². The first kappa shape index (κ1) is 14.3. The van der Waals surface area contributed by atoms with Crippen LogP contribution in [0.25, 0.3) is 0 Å². The zero-order valence-electron chi connectivity index (χ0n) is 12.6. The van der Waals surface area contributed by atoms with Crippen LogP contribution in [0.3, 0.4) is 0 Å². The third kappa shape index (κ3) is 3.17. The minimum absolute atomic E-state index is 0.0328. The molecule has 0 aliphatic rings. The highest BCUT2D eigenvalue weighted by Crippen LogP contribution is 2.24. The van der Waals surface area contributed by atoms with Crippen LogP contribution in [-0.2, 0) is 0 Å². The Balaban J connectivity index is 2.07. The number of hydrogen-bond acceptors (Lipinski definition) is 2. The summed E-state index contributed by atoms with van der Waals surface area (Å²) >= 11 is 0. The Morgan fingerprint density at radius 1 is 0.864 bits per heavy atom. The van der Waals surface area contributed by atoms with Gasteiger partial charge in [0.2, 0.25) is 0 Å². The van der Waals surface area contributed by atoms with E-state index in [1.165, 1.54) is 0 Å². The maximum Gasteiger partial charge on any atom is 0.128 e. The molecule has 1 unspecified atom stereocenters. The van der Waals surface area contributed by atoms with Crippen LogP contribution in [-0.4, -0.2) is 5.71 Å². The summed E-state index contributed by atoms with van der Waals surface area (Å²) in [5, 5.41) is 0. The van der Waals surface area contributed by atoms with Crippen molar-refractivity contribution in [3.8, 4) is 0 Å². The second kappa shape index (κ2) is 6.90. The smallest absolute Gasteiger partial charge is 0.128 e. The summed E-state index contributed by atoms with van der Waals surface area (Å²) in [6.07, 6.45) is 2.61. The van der Waals surface area contributed by atoms with Crippen molar-refractivity contribution in [2.24, 2.45) is 4.99 Å². The van der Waals surface area contributed by atoms with E-state index in [2.05, 4.69) is 31.2 Å². The van der Waals surface area contributed by atoms with Crippen LogP contribution in [0.15, 0.2) is 88.5 Å². The molecule has 3 aromatic rings. The first-order chi connectivity index (χ1) is 10.9. The third-order valence-corrected chi connectivity index (χ3v) is 3.64. The lowest BCUT2D eigenvalue weighted by atomic mass is 10.0. The third-order valence-electron chi connectivity index (χ3n) is 3.64. The Morgan fingerprint density at radius 3 is 1.91 bits per heavy atom.